The van der Waals surface area contributed by atoms with Gasteiger partial charge < -0.3 is 20.1 Å². The van der Waals surface area contributed by atoms with E-state index in [2.05, 4.69) is 10.3 Å². The number of esters is 1. The maximum Gasteiger partial charge on any atom is 0.337 e. The number of aromatic nitrogens is 1. The van der Waals surface area contributed by atoms with E-state index in [0.29, 0.717) is 5.69 Å². The van der Waals surface area contributed by atoms with Crippen LogP contribution in [0.3, 0.4) is 0 Å². The van der Waals surface area contributed by atoms with E-state index in [-0.39, 0.29) is 42.7 Å². The minimum atomic E-state index is -0.593. The molecule has 0 spiro atoms. The fourth-order valence-electron chi connectivity index (χ4n) is 3.21. The molecule has 2 aromatic carbocycles. The number of benzene rings is 2. The van der Waals surface area contributed by atoms with Gasteiger partial charge in [0, 0.05) is 17.8 Å². The molecular formula is C21H18FN3O4S. The van der Waals surface area contributed by atoms with Crippen molar-refractivity contribution < 1.29 is 23.8 Å². The van der Waals surface area contributed by atoms with Crippen LogP contribution < -0.4 is 5.32 Å². The van der Waals surface area contributed by atoms with Gasteiger partial charge in [0.1, 0.15) is 16.5 Å². The van der Waals surface area contributed by atoms with Crippen molar-refractivity contribution in [1.29, 1.82) is 0 Å². The Hall–Kier alpha value is -3.30. The number of halogens is 1. The van der Waals surface area contributed by atoms with Gasteiger partial charge in [-0.2, -0.15) is 0 Å². The van der Waals surface area contributed by atoms with Crippen molar-refractivity contribution in [2.24, 2.45) is 0 Å². The minimum absolute atomic E-state index is 0.0781. The third-order valence-electron chi connectivity index (χ3n) is 4.71. The molecule has 1 amide bonds. The van der Waals surface area contributed by atoms with Crippen LogP contribution in [-0.4, -0.2) is 53.7 Å². The summed E-state index contributed by atoms with van der Waals surface area (Å²) in [6, 6.07) is 11.7. The zero-order chi connectivity index (χ0) is 21.3. The predicted molar refractivity (Wildman–Crippen MR) is 111 cm³/mol. The maximum atomic E-state index is 13.4. The van der Waals surface area contributed by atoms with E-state index in [1.165, 1.54) is 35.5 Å². The molecule has 2 N–H and O–H groups in total. The molecule has 0 radical (unpaired) electrons. The fraction of sp³-hybridized carbons (Fsp3) is 0.190. The number of rotatable bonds is 6. The lowest BCUT2D eigenvalue weighted by atomic mass is 10.2. The van der Waals surface area contributed by atoms with Crippen LogP contribution in [0.2, 0.25) is 0 Å². The van der Waals surface area contributed by atoms with Crippen LogP contribution >= 0.6 is 11.3 Å². The van der Waals surface area contributed by atoms with Crippen LogP contribution in [0.15, 0.2) is 53.7 Å². The van der Waals surface area contributed by atoms with Crippen molar-refractivity contribution in [2.75, 3.05) is 32.1 Å². The number of methoxy groups -OCH3 is 1. The highest BCUT2D eigenvalue weighted by atomic mass is 32.1. The number of β-amino-alcohol motifs (C(OH)–C–C–N with tert-alkyl or cyclic N) is 1. The number of thiazole rings is 1. The second kappa shape index (κ2) is 8.21. The van der Waals surface area contributed by atoms with Crippen LogP contribution in [0.1, 0.15) is 0 Å². The van der Waals surface area contributed by atoms with Gasteiger partial charge in [0.05, 0.1) is 36.1 Å². The van der Waals surface area contributed by atoms with Gasteiger partial charge in [-0.05, 0) is 42.5 Å². The number of carbonyl (C=O) groups is 2. The van der Waals surface area contributed by atoms with Crippen LogP contribution in [0.25, 0.3) is 20.8 Å². The summed E-state index contributed by atoms with van der Waals surface area (Å²) >= 11 is 1.39. The van der Waals surface area contributed by atoms with Crippen LogP contribution in [0, 0.1) is 5.82 Å². The third-order valence-corrected chi connectivity index (χ3v) is 5.77. The highest BCUT2D eigenvalue weighted by Crippen LogP contribution is 2.31. The highest BCUT2D eigenvalue weighted by Gasteiger charge is 2.34. The van der Waals surface area contributed by atoms with Gasteiger partial charge in [-0.3, -0.25) is 4.79 Å². The molecule has 0 saturated carbocycles. The van der Waals surface area contributed by atoms with Crippen LogP contribution in [0.4, 0.5) is 10.1 Å². The number of nitrogens with one attached hydrogen (secondary N) is 1. The van der Waals surface area contributed by atoms with Gasteiger partial charge in [-0.1, -0.05) is 0 Å². The molecule has 30 heavy (non-hydrogen) atoms. The molecule has 0 bridgehead atoms. The lowest BCUT2D eigenvalue weighted by molar-refractivity contribution is -0.136. The molecule has 1 aromatic heterocycles. The van der Waals surface area contributed by atoms with Gasteiger partial charge in [0.15, 0.2) is 0 Å². The van der Waals surface area contributed by atoms with Crippen molar-refractivity contribution in [2.45, 2.75) is 0 Å². The number of ether oxygens (including phenoxy) is 1. The van der Waals surface area contributed by atoms with E-state index in [0.717, 1.165) is 20.8 Å². The van der Waals surface area contributed by atoms with E-state index < -0.39 is 5.97 Å². The summed E-state index contributed by atoms with van der Waals surface area (Å²) in [4.78, 5) is 30.6. The largest absolute Gasteiger partial charge is 0.466 e. The first kappa shape index (κ1) is 20.0. The molecular weight excluding hydrogens is 409 g/mol. The third kappa shape index (κ3) is 3.77. The lowest BCUT2D eigenvalue weighted by Gasteiger charge is -2.15. The van der Waals surface area contributed by atoms with Gasteiger partial charge >= 0.3 is 5.97 Å². The molecule has 0 aliphatic carbocycles. The highest BCUT2D eigenvalue weighted by molar-refractivity contribution is 7.21. The first-order valence-electron chi connectivity index (χ1n) is 9.15. The number of fused-ring (bicyclic) bond motifs is 1. The monoisotopic (exact) mass is 427 g/mol. The summed E-state index contributed by atoms with van der Waals surface area (Å²) < 4.78 is 18.9. The summed E-state index contributed by atoms with van der Waals surface area (Å²) in [6.45, 7) is 0.00459. The molecule has 2 heterocycles. The number of nitrogens with zero attached hydrogens (tertiary/aromatic N) is 2. The molecule has 0 saturated heterocycles. The number of aliphatic hydroxyl groups is 1. The summed E-state index contributed by atoms with van der Waals surface area (Å²) in [7, 11) is 1.25. The van der Waals surface area contributed by atoms with Gasteiger partial charge in [0.2, 0.25) is 0 Å². The van der Waals surface area contributed by atoms with E-state index in [9.17, 15) is 14.0 Å². The number of aliphatic hydroxyl groups excluding tert-OH is 1. The van der Waals surface area contributed by atoms with Crippen LogP contribution in [-0.2, 0) is 14.3 Å². The number of hydrogen-bond acceptors (Lipinski definition) is 7. The Labute approximate surface area is 175 Å². The van der Waals surface area contributed by atoms with Gasteiger partial charge in [0.25, 0.3) is 5.91 Å². The number of carbonyl (C=O) groups excluding carboxylic acids is 2. The Kier molecular flexibility index (Phi) is 5.47. The second-order valence-corrected chi connectivity index (χ2v) is 7.66. The van der Waals surface area contributed by atoms with Crippen molar-refractivity contribution >= 4 is 39.1 Å². The number of amides is 1. The first-order valence-corrected chi connectivity index (χ1v) is 9.97. The van der Waals surface area contributed by atoms with E-state index in [1.54, 1.807) is 18.2 Å². The average molecular weight is 427 g/mol. The second-order valence-electron chi connectivity index (χ2n) is 6.63. The molecule has 154 valence electrons. The first-order chi connectivity index (χ1) is 14.5. The van der Waals surface area contributed by atoms with Gasteiger partial charge in [-0.25, -0.2) is 14.2 Å². The van der Waals surface area contributed by atoms with Crippen molar-refractivity contribution in [3.63, 3.8) is 0 Å². The normalized spacial score (nSPS) is 14.0. The standard InChI is InChI=1S/C21H18FN3O4S/c1-29-21(28)15-11-25(8-9-26)20(27)18(15)23-14-5-2-12(3-6-14)19-24-16-7-4-13(22)10-17(16)30-19/h2-7,10,23,26H,8-9,11H2,1H3. The zero-order valence-electron chi connectivity index (χ0n) is 16.0. The van der Waals surface area contributed by atoms with E-state index >= 15 is 0 Å². The summed E-state index contributed by atoms with van der Waals surface area (Å²) in [5, 5.41) is 12.9. The molecule has 4 rings (SSSR count). The molecule has 9 heteroatoms. The number of anilines is 1. The Morgan fingerprint density at radius 2 is 2.07 bits per heavy atom. The molecule has 1 aliphatic heterocycles. The Morgan fingerprint density at radius 3 is 2.77 bits per heavy atom. The van der Waals surface area contributed by atoms with E-state index in [1.807, 2.05) is 12.1 Å². The van der Waals surface area contributed by atoms with Gasteiger partial charge in [-0.15, -0.1) is 11.3 Å². The number of hydrogen-bond donors (Lipinski definition) is 2. The van der Waals surface area contributed by atoms with Crippen molar-refractivity contribution in [1.82, 2.24) is 9.88 Å². The minimum Gasteiger partial charge on any atom is -0.466 e. The summed E-state index contributed by atoms with van der Waals surface area (Å²) in [5.41, 5.74) is 2.55. The van der Waals surface area contributed by atoms with Crippen LogP contribution in [0.5, 0.6) is 0 Å². The summed E-state index contributed by atoms with van der Waals surface area (Å²) in [5.74, 6) is -1.27. The molecule has 3 aromatic rings. The quantitative estimate of drug-likeness (QED) is 0.588. The Morgan fingerprint density at radius 1 is 1.30 bits per heavy atom. The predicted octanol–water partition coefficient (Wildman–Crippen LogP) is 2.78. The molecule has 0 fully saturated rings. The lowest BCUT2D eigenvalue weighted by Crippen LogP contribution is -2.31. The molecule has 1 aliphatic rings. The topological polar surface area (TPSA) is 91.8 Å². The molecule has 0 unspecified atom stereocenters. The van der Waals surface area contributed by atoms with E-state index in [4.69, 9.17) is 9.84 Å². The SMILES string of the molecule is COC(=O)C1=C(Nc2ccc(-c3nc4ccc(F)cc4s3)cc2)C(=O)N(CCO)C1. The molecule has 7 nitrogen and oxygen atoms in total. The maximum absolute atomic E-state index is 13.4. The zero-order valence-corrected chi connectivity index (χ0v) is 16.8. The average Bonchev–Trinajstić information content (AvgIpc) is 3.30. The van der Waals surface area contributed by atoms with Crippen molar-refractivity contribution in [3.8, 4) is 10.6 Å². The fourth-order valence-corrected chi connectivity index (χ4v) is 4.21. The van der Waals surface area contributed by atoms with Crippen molar-refractivity contribution in [3.05, 3.63) is 59.6 Å². The summed E-state index contributed by atoms with van der Waals surface area (Å²) in [6.07, 6.45) is 0. The Bertz CT molecular complexity index is 1160. The molecule has 0 atom stereocenters. The Balaban J connectivity index is 1.58. The smallest absolute Gasteiger partial charge is 0.337 e.